The Morgan fingerprint density at radius 1 is 1.21 bits per heavy atom. The van der Waals surface area contributed by atoms with Crippen molar-refractivity contribution in [2.45, 2.75) is 44.5 Å². The van der Waals surface area contributed by atoms with Crippen LogP contribution in [0.4, 0.5) is 10.3 Å². The number of aromatic nitrogens is 4. The van der Waals surface area contributed by atoms with Crippen LogP contribution in [0, 0.1) is 0 Å². The van der Waals surface area contributed by atoms with Crippen LogP contribution in [-0.2, 0) is 16.6 Å². The predicted octanol–water partition coefficient (Wildman–Crippen LogP) is 4.05. The highest BCUT2D eigenvalue weighted by molar-refractivity contribution is 7.89. The van der Waals surface area contributed by atoms with Crippen LogP contribution >= 0.6 is 11.3 Å². The fourth-order valence-electron chi connectivity index (χ4n) is 4.83. The van der Waals surface area contributed by atoms with E-state index in [-0.39, 0.29) is 6.04 Å². The van der Waals surface area contributed by atoms with Gasteiger partial charge in [-0.05, 0) is 50.5 Å². The summed E-state index contributed by atoms with van der Waals surface area (Å²) in [5.74, 6) is 0. The third-order valence-corrected chi connectivity index (χ3v) is 9.90. The van der Waals surface area contributed by atoms with E-state index in [1.54, 1.807) is 18.2 Å². The minimum Gasteiger partial charge on any atom is -0.397 e. The lowest BCUT2D eigenvalue weighted by molar-refractivity contribution is 0.276. The Kier molecular flexibility index (Phi) is 7.12. The number of benzene rings is 1. The molecule has 12 heteroatoms. The molecule has 1 aromatic carbocycles. The standard InChI is InChI=1S/C26H32N8O2S2/c1-16(2)38(35,36)33-11-9-19(10-12-33)34-15-21(23-6-4-5-22(30-23)17(3)27)20-8-7-18(13-24(20)34)14-29-26-32-31-25(28)37-26/h4-8,13,15-16,19H,3,9-12,14,27H2,1-2H3,(H2,28,31)(H,29,32). The number of rotatable bonds is 8. The maximum Gasteiger partial charge on any atom is 0.216 e. The van der Waals surface area contributed by atoms with Crippen molar-refractivity contribution >= 4 is 48.2 Å². The van der Waals surface area contributed by atoms with Crippen LogP contribution in [0.3, 0.4) is 0 Å². The zero-order valence-electron chi connectivity index (χ0n) is 21.5. The lowest BCUT2D eigenvalue weighted by atomic mass is 10.1. The number of sulfonamides is 1. The molecule has 0 bridgehead atoms. The average molecular weight is 553 g/mol. The van der Waals surface area contributed by atoms with Crippen LogP contribution < -0.4 is 16.8 Å². The van der Waals surface area contributed by atoms with Crippen LogP contribution in [0.2, 0.25) is 0 Å². The van der Waals surface area contributed by atoms with Crippen LogP contribution in [0.15, 0.2) is 49.2 Å². The molecule has 5 N–H and O–H groups in total. The quantitative estimate of drug-likeness (QED) is 0.297. The van der Waals surface area contributed by atoms with Crippen molar-refractivity contribution in [3.63, 3.8) is 0 Å². The van der Waals surface area contributed by atoms with E-state index in [9.17, 15) is 8.42 Å². The average Bonchev–Trinajstić information content (AvgIpc) is 3.50. The summed E-state index contributed by atoms with van der Waals surface area (Å²) < 4.78 is 29.4. The van der Waals surface area contributed by atoms with Crippen molar-refractivity contribution in [1.82, 2.24) is 24.1 Å². The summed E-state index contributed by atoms with van der Waals surface area (Å²) in [7, 11) is -3.27. The highest BCUT2D eigenvalue weighted by atomic mass is 32.2. The molecule has 4 heterocycles. The van der Waals surface area contributed by atoms with E-state index in [4.69, 9.17) is 16.5 Å². The van der Waals surface area contributed by atoms with Gasteiger partial charge in [-0.3, -0.25) is 0 Å². The molecule has 4 aromatic rings. The number of nitrogens with two attached hydrogens (primary N) is 2. The lowest BCUT2D eigenvalue weighted by Gasteiger charge is -2.33. The first-order chi connectivity index (χ1) is 18.1. The van der Waals surface area contributed by atoms with Crippen molar-refractivity contribution in [2.24, 2.45) is 5.73 Å². The molecule has 5 rings (SSSR count). The van der Waals surface area contributed by atoms with E-state index in [0.29, 0.717) is 41.3 Å². The molecule has 0 radical (unpaired) electrons. The number of piperidine rings is 1. The third-order valence-electron chi connectivity index (χ3n) is 6.91. The summed E-state index contributed by atoms with van der Waals surface area (Å²) in [4.78, 5) is 4.75. The summed E-state index contributed by atoms with van der Waals surface area (Å²) >= 11 is 1.31. The second-order valence-electron chi connectivity index (χ2n) is 9.76. The molecule has 0 spiro atoms. The Morgan fingerprint density at radius 3 is 2.63 bits per heavy atom. The van der Waals surface area contributed by atoms with Crippen LogP contribution in [0.1, 0.15) is 44.0 Å². The Morgan fingerprint density at radius 2 is 1.97 bits per heavy atom. The highest BCUT2D eigenvalue weighted by Crippen LogP contribution is 2.36. The first-order valence-corrected chi connectivity index (χ1v) is 14.8. The number of nitrogens with one attached hydrogen (secondary N) is 1. The lowest BCUT2D eigenvalue weighted by Crippen LogP contribution is -2.42. The molecule has 0 saturated carbocycles. The number of fused-ring (bicyclic) bond motifs is 1. The fraction of sp³-hybridized carbons (Fsp3) is 0.346. The zero-order valence-corrected chi connectivity index (χ0v) is 23.1. The van der Waals surface area contributed by atoms with Crippen LogP contribution in [-0.4, -0.2) is 50.8 Å². The van der Waals surface area contributed by atoms with E-state index < -0.39 is 15.3 Å². The molecule has 200 valence electrons. The number of nitrogens with zero attached hydrogens (tertiary/aromatic N) is 5. The van der Waals surface area contributed by atoms with Crippen molar-refractivity contribution in [3.8, 4) is 11.3 Å². The van der Waals surface area contributed by atoms with Crippen molar-refractivity contribution < 1.29 is 8.42 Å². The maximum absolute atomic E-state index is 12.7. The van der Waals surface area contributed by atoms with Gasteiger partial charge < -0.3 is 21.4 Å². The molecular weight excluding hydrogens is 520 g/mol. The topological polar surface area (TPSA) is 145 Å². The molecule has 0 aliphatic carbocycles. The molecule has 0 atom stereocenters. The van der Waals surface area contributed by atoms with Crippen LogP contribution in [0.25, 0.3) is 27.9 Å². The van der Waals surface area contributed by atoms with E-state index in [1.807, 2.05) is 18.2 Å². The van der Waals surface area contributed by atoms with Crippen molar-refractivity contribution in [1.29, 1.82) is 0 Å². The van der Waals surface area contributed by atoms with Gasteiger partial charge in [0, 0.05) is 48.3 Å². The summed E-state index contributed by atoms with van der Waals surface area (Å²) in [6.45, 7) is 8.86. The van der Waals surface area contributed by atoms with Crippen molar-refractivity contribution in [2.75, 3.05) is 24.1 Å². The summed E-state index contributed by atoms with van der Waals surface area (Å²) in [6.07, 6.45) is 3.60. The Labute approximate surface area is 226 Å². The van der Waals surface area contributed by atoms with Gasteiger partial charge in [0.15, 0.2) is 0 Å². The smallest absolute Gasteiger partial charge is 0.216 e. The monoisotopic (exact) mass is 552 g/mol. The van der Waals surface area contributed by atoms with Crippen LogP contribution in [0.5, 0.6) is 0 Å². The maximum atomic E-state index is 12.7. The van der Waals surface area contributed by atoms with Gasteiger partial charge in [0.2, 0.25) is 20.3 Å². The number of hydrogen-bond acceptors (Lipinski definition) is 9. The van der Waals surface area contributed by atoms with E-state index in [2.05, 4.69) is 51.1 Å². The minimum absolute atomic E-state index is 0.156. The highest BCUT2D eigenvalue weighted by Gasteiger charge is 2.31. The summed E-state index contributed by atoms with van der Waals surface area (Å²) in [6, 6.07) is 12.3. The normalized spacial score (nSPS) is 15.3. The Hall–Kier alpha value is -3.48. The SMILES string of the molecule is C=C(N)c1cccc(-c2cn(C3CCN(S(=O)(=O)C(C)C)CC3)c3cc(CNc4nnc(N)s4)ccc23)n1. The van der Waals surface area contributed by atoms with Gasteiger partial charge in [-0.2, -0.15) is 0 Å². The molecule has 3 aromatic heterocycles. The number of anilines is 2. The Balaban J connectivity index is 1.51. The molecule has 1 aliphatic heterocycles. The molecule has 0 unspecified atom stereocenters. The first kappa shape index (κ1) is 26.1. The molecule has 0 amide bonds. The zero-order chi connectivity index (χ0) is 27.0. The number of hydrogen-bond donors (Lipinski definition) is 3. The Bertz CT molecular complexity index is 1580. The molecule has 1 aliphatic rings. The van der Waals surface area contributed by atoms with Gasteiger partial charge in [-0.1, -0.05) is 36.1 Å². The largest absolute Gasteiger partial charge is 0.397 e. The van der Waals surface area contributed by atoms with E-state index in [1.165, 1.54) is 11.3 Å². The molecule has 1 fully saturated rings. The molecule has 10 nitrogen and oxygen atoms in total. The van der Waals surface area contributed by atoms with Gasteiger partial charge in [-0.25, -0.2) is 17.7 Å². The molecular formula is C26H32N8O2S2. The fourth-order valence-corrected chi connectivity index (χ4v) is 6.65. The second-order valence-corrected chi connectivity index (χ2v) is 13.3. The molecule has 1 saturated heterocycles. The first-order valence-electron chi connectivity index (χ1n) is 12.5. The number of pyridine rings is 1. The van der Waals surface area contributed by atoms with Gasteiger partial charge in [0.25, 0.3) is 0 Å². The third kappa shape index (κ3) is 5.11. The van der Waals surface area contributed by atoms with Crippen molar-refractivity contribution in [3.05, 3.63) is 60.4 Å². The van der Waals surface area contributed by atoms with Gasteiger partial charge >= 0.3 is 0 Å². The minimum atomic E-state index is -3.27. The second kappa shape index (κ2) is 10.4. The van der Waals surface area contributed by atoms with Gasteiger partial charge in [0.1, 0.15) is 0 Å². The predicted molar refractivity (Wildman–Crippen MR) is 154 cm³/mol. The van der Waals surface area contributed by atoms with Gasteiger partial charge in [-0.15, -0.1) is 10.2 Å². The van der Waals surface area contributed by atoms with E-state index in [0.717, 1.165) is 40.6 Å². The van der Waals surface area contributed by atoms with Gasteiger partial charge in [0.05, 0.1) is 22.3 Å². The van der Waals surface area contributed by atoms with E-state index >= 15 is 0 Å². The summed E-state index contributed by atoms with van der Waals surface area (Å²) in [5.41, 5.74) is 16.7. The summed E-state index contributed by atoms with van der Waals surface area (Å²) in [5, 5.41) is 12.9. The number of nitrogen functional groups attached to an aromatic ring is 1. The molecule has 38 heavy (non-hydrogen) atoms.